The lowest BCUT2D eigenvalue weighted by atomic mass is 10.1. The Morgan fingerprint density at radius 2 is 1.63 bits per heavy atom. The highest BCUT2D eigenvalue weighted by Crippen LogP contribution is 2.13. The van der Waals surface area contributed by atoms with Crippen LogP contribution in [0.4, 0.5) is 10.6 Å². The van der Waals surface area contributed by atoms with Crippen molar-refractivity contribution >= 4 is 35.7 Å². The molecule has 0 fully saturated rings. The zero-order valence-corrected chi connectivity index (χ0v) is 25.7. The van der Waals surface area contributed by atoms with Crippen molar-refractivity contribution in [3.8, 4) is 0 Å². The summed E-state index contributed by atoms with van der Waals surface area (Å²) >= 11 is 0. The molecule has 16 heteroatoms. The van der Waals surface area contributed by atoms with E-state index >= 15 is 0 Å². The second kappa shape index (κ2) is 18.3. The van der Waals surface area contributed by atoms with Gasteiger partial charge in [0, 0.05) is 6.92 Å². The molecule has 3 N–H and O–H groups in total. The number of rotatable bonds is 18. The first-order valence-corrected chi connectivity index (χ1v) is 14.2. The minimum atomic E-state index is -1.46. The van der Waals surface area contributed by atoms with E-state index < -0.39 is 65.3 Å². The highest BCUT2D eigenvalue weighted by Gasteiger charge is 2.31. The van der Waals surface area contributed by atoms with Crippen LogP contribution in [0.3, 0.4) is 0 Å². The number of aromatic nitrogens is 2. The highest BCUT2D eigenvalue weighted by molar-refractivity contribution is 5.93. The first-order chi connectivity index (χ1) is 20.2. The van der Waals surface area contributed by atoms with E-state index in [1.54, 1.807) is 27.7 Å². The molecule has 1 heterocycles. The molecule has 0 aliphatic rings. The van der Waals surface area contributed by atoms with Crippen molar-refractivity contribution in [2.45, 2.75) is 104 Å². The molecule has 16 nitrogen and oxygen atoms in total. The molecule has 1 rings (SSSR count). The quantitative estimate of drug-likeness (QED) is 0.0718. The van der Waals surface area contributed by atoms with Gasteiger partial charge in [-0.2, -0.15) is 0 Å². The van der Waals surface area contributed by atoms with Crippen molar-refractivity contribution in [1.29, 1.82) is 0 Å². The molecule has 0 saturated heterocycles. The number of amides is 3. The molecule has 3 amide bonds. The minimum absolute atomic E-state index is 0.00887. The molecule has 0 spiro atoms. The molecular weight excluding hydrogens is 568 g/mol. The van der Waals surface area contributed by atoms with Crippen molar-refractivity contribution in [2.24, 2.45) is 0 Å². The smallest absolute Gasteiger partial charge is 0.408 e. The van der Waals surface area contributed by atoms with Gasteiger partial charge in [0.15, 0.2) is 5.82 Å². The van der Waals surface area contributed by atoms with E-state index in [9.17, 15) is 34.1 Å². The van der Waals surface area contributed by atoms with Crippen molar-refractivity contribution in [2.75, 3.05) is 19.8 Å². The standard InChI is InChI=1S/C27H44N6O10/c1-7-9-13-41-23(35)16-20(25(37)42-14-10-8-2)30-21(34)15-19(31-26(38)43-27(4,5)6)24(36)28-11-12-32-18(3)29-17-22(32)33(39)40/h17,19-20H,7-16H2,1-6H3,(H,28,36)(H,30,34)(H,31,38). The van der Waals surface area contributed by atoms with Crippen LogP contribution in [0.1, 0.15) is 79.0 Å². The number of nitro groups is 1. The molecule has 0 radical (unpaired) electrons. The summed E-state index contributed by atoms with van der Waals surface area (Å²) in [5, 5.41) is 18.5. The maximum absolute atomic E-state index is 13.0. The molecule has 0 bridgehead atoms. The van der Waals surface area contributed by atoms with Crippen molar-refractivity contribution in [3.05, 3.63) is 22.1 Å². The van der Waals surface area contributed by atoms with Crippen molar-refractivity contribution < 1.29 is 43.1 Å². The van der Waals surface area contributed by atoms with Crippen LogP contribution in [0.15, 0.2) is 6.20 Å². The Kier molecular flexibility index (Phi) is 15.7. The van der Waals surface area contributed by atoms with E-state index in [1.165, 1.54) is 4.57 Å². The molecule has 2 unspecified atom stereocenters. The van der Waals surface area contributed by atoms with Gasteiger partial charge in [-0.25, -0.2) is 19.1 Å². The Labute approximate surface area is 250 Å². The lowest BCUT2D eigenvalue weighted by molar-refractivity contribution is -0.392. The van der Waals surface area contributed by atoms with Gasteiger partial charge in [-0.15, -0.1) is 0 Å². The molecule has 43 heavy (non-hydrogen) atoms. The number of hydrogen-bond acceptors (Lipinski definition) is 11. The van der Waals surface area contributed by atoms with Gasteiger partial charge in [0.25, 0.3) is 0 Å². The van der Waals surface area contributed by atoms with Crippen LogP contribution in [0.2, 0.25) is 0 Å². The van der Waals surface area contributed by atoms with Gasteiger partial charge in [-0.3, -0.25) is 14.4 Å². The molecule has 1 aromatic heterocycles. The molecule has 0 aliphatic heterocycles. The van der Waals surface area contributed by atoms with Crippen LogP contribution in [0, 0.1) is 17.0 Å². The maximum atomic E-state index is 13.0. The fraction of sp³-hybridized carbons (Fsp3) is 0.704. The SMILES string of the molecule is CCCCOC(=O)CC(NC(=O)CC(NC(=O)OC(C)(C)C)C(=O)NCCn1c([N+](=O)[O-])cnc1C)C(=O)OCCCC. The fourth-order valence-electron chi connectivity index (χ4n) is 3.56. The summed E-state index contributed by atoms with van der Waals surface area (Å²) in [7, 11) is 0. The predicted octanol–water partition coefficient (Wildman–Crippen LogP) is 2.06. The summed E-state index contributed by atoms with van der Waals surface area (Å²) in [4.78, 5) is 78.0. The van der Waals surface area contributed by atoms with Crippen molar-refractivity contribution in [1.82, 2.24) is 25.5 Å². The largest absolute Gasteiger partial charge is 0.466 e. The van der Waals surface area contributed by atoms with Gasteiger partial charge in [0.05, 0.1) is 32.6 Å². The molecule has 1 aromatic rings. The summed E-state index contributed by atoms with van der Waals surface area (Å²) < 4.78 is 16.8. The van der Waals surface area contributed by atoms with Gasteiger partial charge < -0.3 is 40.3 Å². The Hall–Kier alpha value is -4.24. The van der Waals surface area contributed by atoms with Gasteiger partial charge in [0.1, 0.15) is 30.4 Å². The molecule has 2 atom stereocenters. The lowest BCUT2D eigenvalue weighted by Crippen LogP contribution is -2.52. The first kappa shape index (κ1) is 36.8. The minimum Gasteiger partial charge on any atom is -0.466 e. The van der Waals surface area contributed by atoms with E-state index in [0.717, 1.165) is 19.0 Å². The molecular formula is C27H44N6O10. The third-order valence-electron chi connectivity index (χ3n) is 5.75. The molecule has 242 valence electrons. The number of aryl methyl sites for hydroxylation is 1. The number of unbranched alkanes of at least 4 members (excludes halogenated alkanes) is 2. The number of ether oxygens (including phenoxy) is 3. The number of carbonyl (C=O) groups is 5. The zero-order valence-electron chi connectivity index (χ0n) is 25.7. The van der Waals surface area contributed by atoms with E-state index in [2.05, 4.69) is 20.9 Å². The normalized spacial score (nSPS) is 12.4. The monoisotopic (exact) mass is 612 g/mol. The average Bonchev–Trinajstić information content (AvgIpc) is 3.27. The zero-order chi connectivity index (χ0) is 32.6. The Balaban J connectivity index is 3.00. The van der Waals surface area contributed by atoms with Crippen LogP contribution in [0.5, 0.6) is 0 Å². The van der Waals surface area contributed by atoms with E-state index in [1.807, 2.05) is 13.8 Å². The topological polar surface area (TPSA) is 210 Å². The van der Waals surface area contributed by atoms with Crippen LogP contribution in [-0.4, -0.2) is 81.8 Å². The van der Waals surface area contributed by atoms with Crippen LogP contribution in [0.25, 0.3) is 0 Å². The number of hydrogen-bond donors (Lipinski definition) is 3. The maximum Gasteiger partial charge on any atom is 0.408 e. The van der Waals surface area contributed by atoms with E-state index in [0.29, 0.717) is 18.7 Å². The Morgan fingerprint density at radius 1 is 1.00 bits per heavy atom. The van der Waals surface area contributed by atoms with Gasteiger partial charge in [0.2, 0.25) is 11.8 Å². The fourth-order valence-corrected chi connectivity index (χ4v) is 3.56. The lowest BCUT2D eigenvalue weighted by Gasteiger charge is -2.24. The molecule has 0 aromatic carbocycles. The summed E-state index contributed by atoms with van der Waals surface area (Å²) in [5.41, 5.74) is -0.906. The summed E-state index contributed by atoms with van der Waals surface area (Å²) in [5.74, 6) is -3.09. The third-order valence-corrected chi connectivity index (χ3v) is 5.75. The predicted molar refractivity (Wildman–Crippen MR) is 153 cm³/mol. The summed E-state index contributed by atoms with van der Waals surface area (Å²) in [6.07, 6.45) is 1.76. The molecule has 0 aliphatic carbocycles. The van der Waals surface area contributed by atoms with Gasteiger partial charge in [-0.05, 0) is 38.5 Å². The Morgan fingerprint density at radius 3 is 2.21 bits per heavy atom. The first-order valence-electron chi connectivity index (χ1n) is 14.2. The van der Waals surface area contributed by atoms with E-state index in [4.69, 9.17) is 14.2 Å². The number of alkyl carbamates (subject to hydrolysis) is 1. The van der Waals surface area contributed by atoms with Gasteiger partial charge in [-0.1, -0.05) is 26.7 Å². The second-order valence-electron chi connectivity index (χ2n) is 10.7. The third kappa shape index (κ3) is 14.5. The van der Waals surface area contributed by atoms with Crippen LogP contribution < -0.4 is 16.0 Å². The highest BCUT2D eigenvalue weighted by atomic mass is 16.6. The number of imidazole rings is 1. The number of esters is 2. The van der Waals surface area contributed by atoms with Crippen LogP contribution >= 0.6 is 0 Å². The summed E-state index contributed by atoms with van der Waals surface area (Å²) in [6, 6.07) is -2.84. The van der Waals surface area contributed by atoms with E-state index in [-0.39, 0.29) is 32.1 Å². The van der Waals surface area contributed by atoms with Crippen LogP contribution in [-0.2, 0) is 39.9 Å². The van der Waals surface area contributed by atoms with Gasteiger partial charge >= 0.3 is 23.8 Å². The summed E-state index contributed by atoms with van der Waals surface area (Å²) in [6.45, 7) is 10.4. The Bertz CT molecular complexity index is 1110. The van der Waals surface area contributed by atoms with Crippen molar-refractivity contribution in [3.63, 3.8) is 0 Å². The number of nitrogens with one attached hydrogen (secondary N) is 3. The number of carbonyl (C=O) groups excluding carboxylic acids is 5. The molecule has 0 saturated carbocycles. The average molecular weight is 613 g/mol. The number of nitrogens with zero attached hydrogens (tertiary/aromatic N) is 3. The second-order valence-corrected chi connectivity index (χ2v) is 10.7.